The maximum atomic E-state index is 4.59. The fourth-order valence-electron chi connectivity index (χ4n) is 4.33. The molecule has 0 atom stereocenters. The van der Waals surface area contributed by atoms with Crippen molar-refractivity contribution < 1.29 is 0 Å². The number of hydrogen-bond acceptors (Lipinski definition) is 2. The predicted octanol–water partition coefficient (Wildman–Crippen LogP) is 6.62. The highest BCUT2D eigenvalue weighted by Gasteiger charge is 2.13. The van der Waals surface area contributed by atoms with E-state index in [-0.39, 0.29) is 0 Å². The highest BCUT2D eigenvalue weighted by molar-refractivity contribution is 5.91. The second-order valence-corrected chi connectivity index (χ2v) is 7.72. The van der Waals surface area contributed by atoms with Gasteiger partial charge in [0, 0.05) is 17.1 Å². The lowest BCUT2D eigenvalue weighted by atomic mass is 9.88. The van der Waals surface area contributed by atoms with Crippen LogP contribution in [-0.4, -0.2) is 15.2 Å². The average molecular weight is 348 g/mol. The summed E-state index contributed by atoms with van der Waals surface area (Å²) in [6.45, 7) is 0. The van der Waals surface area contributed by atoms with Crippen molar-refractivity contribution in [3.05, 3.63) is 48.3 Å². The van der Waals surface area contributed by atoms with E-state index in [1.807, 2.05) is 18.5 Å². The summed E-state index contributed by atoms with van der Waals surface area (Å²) < 4.78 is 0. The maximum absolute atomic E-state index is 4.59. The molecule has 1 fully saturated rings. The van der Waals surface area contributed by atoms with Crippen molar-refractivity contribution >= 4 is 10.9 Å². The summed E-state index contributed by atoms with van der Waals surface area (Å²) in [6.07, 6.45) is 17.7. The van der Waals surface area contributed by atoms with Crippen LogP contribution in [0.15, 0.2) is 42.7 Å². The average Bonchev–Trinajstić information content (AvgIpc) is 3.14. The van der Waals surface area contributed by atoms with Gasteiger partial charge in [-0.15, -0.1) is 0 Å². The summed E-state index contributed by atoms with van der Waals surface area (Å²) in [5.41, 5.74) is 4.75. The smallest absolute Gasteiger partial charge is 0.0811 e. The highest BCUT2D eigenvalue weighted by Crippen LogP contribution is 2.32. The Morgan fingerprint density at radius 3 is 2.12 bits per heavy atom. The topological polar surface area (TPSA) is 41.6 Å². The fraction of sp³-hybridized carbons (Fsp3) is 0.478. The van der Waals surface area contributed by atoms with Crippen LogP contribution in [0.3, 0.4) is 0 Å². The number of fused-ring (bicyclic) bond motifs is 1. The summed E-state index contributed by atoms with van der Waals surface area (Å²) >= 11 is 0. The van der Waals surface area contributed by atoms with Crippen molar-refractivity contribution in [2.75, 3.05) is 0 Å². The molecule has 1 saturated carbocycles. The standard InChI is InChI=1S/C23H29N3/c1-2-4-6-8-10-18(9-7-5-3-1)19-11-13-20(14-12-19)23-21-17-25-26-22(21)15-16-24-23/h11-18H,1-10H2,(H,25,26). The Morgan fingerprint density at radius 1 is 0.769 bits per heavy atom. The molecule has 26 heavy (non-hydrogen) atoms. The number of pyridine rings is 1. The Kier molecular flexibility index (Phi) is 5.63. The van der Waals surface area contributed by atoms with E-state index in [4.69, 9.17) is 0 Å². The lowest BCUT2D eigenvalue weighted by molar-refractivity contribution is 0.514. The molecule has 0 spiro atoms. The van der Waals surface area contributed by atoms with Crippen molar-refractivity contribution in [1.29, 1.82) is 0 Å². The molecule has 0 radical (unpaired) electrons. The Labute approximate surface area is 156 Å². The number of H-pyrrole nitrogens is 1. The Balaban J connectivity index is 1.53. The minimum atomic E-state index is 0.722. The largest absolute Gasteiger partial charge is 0.278 e. The Bertz CT molecular complexity index is 807. The molecule has 2 aromatic heterocycles. The molecule has 0 aliphatic heterocycles. The second kappa shape index (κ2) is 8.48. The van der Waals surface area contributed by atoms with Gasteiger partial charge in [-0.2, -0.15) is 5.10 Å². The molecule has 0 bridgehead atoms. The Hall–Kier alpha value is -2.16. The van der Waals surface area contributed by atoms with Gasteiger partial charge in [-0.25, -0.2) is 0 Å². The third-order valence-electron chi connectivity index (χ3n) is 5.88. The van der Waals surface area contributed by atoms with Crippen LogP contribution in [0.1, 0.15) is 75.7 Å². The van der Waals surface area contributed by atoms with Gasteiger partial charge in [0.25, 0.3) is 0 Å². The summed E-state index contributed by atoms with van der Waals surface area (Å²) in [5.74, 6) is 0.722. The Morgan fingerprint density at radius 2 is 1.42 bits per heavy atom. The quantitative estimate of drug-likeness (QED) is 0.565. The van der Waals surface area contributed by atoms with Gasteiger partial charge in [0.1, 0.15) is 0 Å². The number of nitrogens with one attached hydrogen (secondary N) is 1. The molecular weight excluding hydrogens is 318 g/mol. The molecule has 0 unspecified atom stereocenters. The monoisotopic (exact) mass is 347 g/mol. The maximum Gasteiger partial charge on any atom is 0.0811 e. The van der Waals surface area contributed by atoms with Gasteiger partial charge in [-0.1, -0.05) is 75.6 Å². The summed E-state index contributed by atoms with van der Waals surface area (Å²) in [6, 6.07) is 11.1. The molecule has 0 amide bonds. The minimum absolute atomic E-state index is 0.722. The van der Waals surface area contributed by atoms with Crippen LogP contribution in [-0.2, 0) is 0 Å². The second-order valence-electron chi connectivity index (χ2n) is 7.72. The third kappa shape index (κ3) is 3.98. The van der Waals surface area contributed by atoms with Gasteiger partial charge in [-0.05, 0) is 30.4 Å². The van der Waals surface area contributed by atoms with Crippen molar-refractivity contribution in [2.45, 2.75) is 70.1 Å². The van der Waals surface area contributed by atoms with E-state index in [0.29, 0.717) is 0 Å². The molecule has 0 saturated heterocycles. The first kappa shape index (κ1) is 17.3. The zero-order chi connectivity index (χ0) is 17.6. The molecule has 1 N–H and O–H groups in total. The number of nitrogens with zero attached hydrogens (tertiary/aromatic N) is 2. The predicted molar refractivity (Wildman–Crippen MR) is 108 cm³/mol. The fourth-order valence-corrected chi connectivity index (χ4v) is 4.33. The molecule has 1 aliphatic carbocycles. The van der Waals surface area contributed by atoms with Crippen LogP contribution in [0.4, 0.5) is 0 Å². The molecule has 4 rings (SSSR count). The SMILES string of the molecule is c1cc2[nH]ncc2c(-c2ccc(C3CCCCCCCCCC3)cc2)n1. The van der Waals surface area contributed by atoms with Gasteiger partial charge < -0.3 is 0 Å². The minimum Gasteiger partial charge on any atom is -0.278 e. The zero-order valence-corrected chi connectivity index (χ0v) is 15.6. The lowest BCUT2D eigenvalue weighted by Gasteiger charge is -2.17. The molecule has 2 heterocycles. The van der Waals surface area contributed by atoms with Crippen LogP contribution in [0.2, 0.25) is 0 Å². The van der Waals surface area contributed by atoms with E-state index in [2.05, 4.69) is 39.4 Å². The van der Waals surface area contributed by atoms with Crippen molar-refractivity contribution in [1.82, 2.24) is 15.2 Å². The molecule has 1 aliphatic rings. The van der Waals surface area contributed by atoms with Crippen molar-refractivity contribution in [3.8, 4) is 11.3 Å². The summed E-state index contributed by atoms with van der Waals surface area (Å²) in [7, 11) is 0. The van der Waals surface area contributed by atoms with E-state index in [0.717, 1.165) is 22.5 Å². The van der Waals surface area contributed by atoms with Crippen molar-refractivity contribution in [3.63, 3.8) is 0 Å². The van der Waals surface area contributed by atoms with Gasteiger partial charge in [-0.3, -0.25) is 10.1 Å². The van der Waals surface area contributed by atoms with Gasteiger partial charge in [0.05, 0.1) is 17.4 Å². The molecule has 1 aromatic carbocycles. The number of aromatic nitrogens is 3. The summed E-state index contributed by atoms with van der Waals surface area (Å²) in [5, 5.41) is 8.28. The number of rotatable bonds is 2. The van der Waals surface area contributed by atoms with Crippen LogP contribution in [0.25, 0.3) is 22.2 Å². The van der Waals surface area contributed by atoms with E-state index >= 15 is 0 Å². The van der Waals surface area contributed by atoms with Gasteiger partial charge >= 0.3 is 0 Å². The number of hydrogen-bond donors (Lipinski definition) is 1. The van der Waals surface area contributed by atoms with E-state index in [1.54, 1.807) is 0 Å². The molecule has 3 nitrogen and oxygen atoms in total. The van der Waals surface area contributed by atoms with Crippen LogP contribution >= 0.6 is 0 Å². The molecule has 3 aromatic rings. The van der Waals surface area contributed by atoms with E-state index in [9.17, 15) is 0 Å². The van der Waals surface area contributed by atoms with E-state index < -0.39 is 0 Å². The van der Waals surface area contributed by atoms with E-state index in [1.165, 1.54) is 75.3 Å². The van der Waals surface area contributed by atoms with Crippen LogP contribution in [0, 0.1) is 0 Å². The molecule has 3 heteroatoms. The number of benzene rings is 1. The highest BCUT2D eigenvalue weighted by atomic mass is 15.1. The van der Waals surface area contributed by atoms with Gasteiger partial charge in [0.2, 0.25) is 0 Å². The number of aromatic amines is 1. The van der Waals surface area contributed by atoms with Crippen LogP contribution in [0.5, 0.6) is 0 Å². The first-order valence-corrected chi connectivity index (χ1v) is 10.3. The first-order valence-electron chi connectivity index (χ1n) is 10.3. The molecular formula is C23H29N3. The summed E-state index contributed by atoms with van der Waals surface area (Å²) in [4.78, 5) is 4.59. The first-order chi connectivity index (χ1) is 12.9. The van der Waals surface area contributed by atoms with Gasteiger partial charge in [0.15, 0.2) is 0 Å². The lowest BCUT2D eigenvalue weighted by Crippen LogP contribution is -1.99. The normalized spacial score (nSPS) is 17.8. The van der Waals surface area contributed by atoms with Crippen LogP contribution < -0.4 is 0 Å². The van der Waals surface area contributed by atoms with Crippen molar-refractivity contribution in [2.24, 2.45) is 0 Å². The third-order valence-corrected chi connectivity index (χ3v) is 5.88. The molecule has 136 valence electrons. The zero-order valence-electron chi connectivity index (χ0n) is 15.6.